The molecule has 2 aromatic heterocycles. The standard InChI is InChI=1S/C22H27N7/c1-17-24-20(27-9-5-2-6-10-27)15-21(25-17)28-11-13-29(14-12-28)22-16-23-18-7-3-4-8-19(18)26-22/h3-4,7-8,15-16H,2,5-6,9-14H2,1H3. The van der Waals surface area contributed by atoms with E-state index in [1.807, 2.05) is 37.4 Å². The molecule has 2 aliphatic rings. The van der Waals surface area contributed by atoms with E-state index in [4.69, 9.17) is 15.0 Å². The first-order valence-corrected chi connectivity index (χ1v) is 10.6. The Morgan fingerprint density at radius 1 is 0.655 bits per heavy atom. The molecule has 0 atom stereocenters. The van der Waals surface area contributed by atoms with Gasteiger partial charge in [-0.15, -0.1) is 0 Å². The largest absolute Gasteiger partial charge is 0.356 e. The third-order valence-corrected chi connectivity index (χ3v) is 5.85. The lowest BCUT2D eigenvalue weighted by atomic mass is 10.1. The van der Waals surface area contributed by atoms with E-state index in [0.29, 0.717) is 0 Å². The van der Waals surface area contributed by atoms with Crippen LogP contribution in [0, 0.1) is 6.92 Å². The second kappa shape index (κ2) is 7.81. The van der Waals surface area contributed by atoms with Crippen LogP contribution in [0.3, 0.4) is 0 Å². The number of para-hydroxylation sites is 2. The Kier molecular flexibility index (Phi) is 4.87. The summed E-state index contributed by atoms with van der Waals surface area (Å²) in [4.78, 5) is 25.9. The minimum absolute atomic E-state index is 0.853. The average Bonchev–Trinajstić information content (AvgIpc) is 2.79. The highest BCUT2D eigenvalue weighted by molar-refractivity contribution is 5.75. The normalized spacial score (nSPS) is 17.8. The van der Waals surface area contributed by atoms with Gasteiger partial charge in [-0.25, -0.2) is 15.0 Å². The summed E-state index contributed by atoms with van der Waals surface area (Å²) < 4.78 is 0. The average molecular weight is 390 g/mol. The van der Waals surface area contributed by atoms with E-state index in [2.05, 4.69) is 25.8 Å². The summed E-state index contributed by atoms with van der Waals surface area (Å²) in [6.07, 6.45) is 5.72. The Morgan fingerprint density at radius 2 is 1.24 bits per heavy atom. The van der Waals surface area contributed by atoms with Gasteiger partial charge in [0, 0.05) is 45.3 Å². The number of benzene rings is 1. The molecule has 29 heavy (non-hydrogen) atoms. The lowest BCUT2D eigenvalue weighted by Crippen LogP contribution is -2.47. The molecule has 7 heteroatoms. The van der Waals surface area contributed by atoms with Crippen LogP contribution in [0.4, 0.5) is 17.5 Å². The number of anilines is 3. The molecule has 0 bridgehead atoms. The Labute approximate surface area is 171 Å². The van der Waals surface area contributed by atoms with Crippen molar-refractivity contribution in [3.8, 4) is 0 Å². The molecule has 0 radical (unpaired) electrons. The van der Waals surface area contributed by atoms with Crippen molar-refractivity contribution < 1.29 is 0 Å². The molecule has 0 N–H and O–H groups in total. The van der Waals surface area contributed by atoms with Gasteiger partial charge in [0.2, 0.25) is 0 Å². The predicted molar refractivity (Wildman–Crippen MR) is 117 cm³/mol. The van der Waals surface area contributed by atoms with Gasteiger partial charge < -0.3 is 14.7 Å². The lowest BCUT2D eigenvalue weighted by molar-refractivity contribution is 0.572. The van der Waals surface area contributed by atoms with Gasteiger partial charge >= 0.3 is 0 Å². The molecule has 2 saturated heterocycles. The van der Waals surface area contributed by atoms with E-state index in [1.54, 1.807) is 0 Å². The van der Waals surface area contributed by atoms with Crippen LogP contribution in [0.5, 0.6) is 0 Å². The number of aromatic nitrogens is 4. The molecule has 0 spiro atoms. The minimum atomic E-state index is 0.853. The van der Waals surface area contributed by atoms with Gasteiger partial charge in [-0.3, -0.25) is 4.98 Å². The summed E-state index contributed by atoms with van der Waals surface area (Å²) in [5.74, 6) is 3.93. The highest BCUT2D eigenvalue weighted by Gasteiger charge is 2.22. The van der Waals surface area contributed by atoms with Gasteiger partial charge in [0.25, 0.3) is 0 Å². The van der Waals surface area contributed by atoms with Crippen molar-refractivity contribution in [3.63, 3.8) is 0 Å². The predicted octanol–water partition coefficient (Wildman–Crippen LogP) is 3.05. The van der Waals surface area contributed by atoms with Crippen molar-refractivity contribution in [1.29, 1.82) is 0 Å². The van der Waals surface area contributed by atoms with Crippen LogP contribution in [0.25, 0.3) is 11.0 Å². The van der Waals surface area contributed by atoms with Crippen molar-refractivity contribution in [2.45, 2.75) is 26.2 Å². The summed E-state index contributed by atoms with van der Waals surface area (Å²) >= 11 is 0. The summed E-state index contributed by atoms with van der Waals surface area (Å²) in [7, 11) is 0. The molecule has 7 nitrogen and oxygen atoms in total. The Bertz CT molecular complexity index is 991. The van der Waals surface area contributed by atoms with Gasteiger partial charge in [0.05, 0.1) is 17.2 Å². The molecule has 0 unspecified atom stereocenters. The fourth-order valence-corrected chi connectivity index (χ4v) is 4.25. The van der Waals surface area contributed by atoms with Gasteiger partial charge in [0.15, 0.2) is 0 Å². The Hall–Kier alpha value is -2.96. The number of nitrogens with zero attached hydrogens (tertiary/aromatic N) is 7. The highest BCUT2D eigenvalue weighted by Crippen LogP contribution is 2.24. The second-order valence-corrected chi connectivity index (χ2v) is 7.87. The topological polar surface area (TPSA) is 61.3 Å². The van der Waals surface area contributed by atoms with Crippen LogP contribution in [-0.4, -0.2) is 59.2 Å². The number of rotatable bonds is 3. The fraction of sp³-hybridized carbons (Fsp3) is 0.455. The maximum atomic E-state index is 4.80. The first-order chi connectivity index (χ1) is 14.3. The molecule has 0 amide bonds. The van der Waals surface area contributed by atoms with Gasteiger partial charge in [-0.1, -0.05) is 12.1 Å². The molecule has 150 valence electrons. The Balaban J connectivity index is 1.30. The quantitative estimate of drug-likeness (QED) is 0.682. The van der Waals surface area contributed by atoms with Crippen molar-refractivity contribution in [2.24, 2.45) is 0 Å². The zero-order valence-corrected chi connectivity index (χ0v) is 17.0. The van der Waals surface area contributed by atoms with E-state index in [-0.39, 0.29) is 0 Å². The third-order valence-electron chi connectivity index (χ3n) is 5.85. The fourth-order valence-electron chi connectivity index (χ4n) is 4.25. The first-order valence-electron chi connectivity index (χ1n) is 10.6. The van der Waals surface area contributed by atoms with E-state index >= 15 is 0 Å². The highest BCUT2D eigenvalue weighted by atomic mass is 15.3. The third kappa shape index (κ3) is 3.81. The zero-order valence-electron chi connectivity index (χ0n) is 17.0. The molecule has 1 aromatic carbocycles. The maximum absolute atomic E-state index is 4.80. The minimum Gasteiger partial charge on any atom is -0.356 e. The number of hydrogen-bond acceptors (Lipinski definition) is 7. The van der Waals surface area contributed by atoms with Crippen molar-refractivity contribution >= 4 is 28.5 Å². The maximum Gasteiger partial charge on any atom is 0.147 e. The molecule has 2 aliphatic heterocycles. The van der Waals surface area contributed by atoms with E-state index in [9.17, 15) is 0 Å². The smallest absolute Gasteiger partial charge is 0.147 e. The second-order valence-electron chi connectivity index (χ2n) is 7.87. The number of aryl methyl sites for hydroxylation is 1. The lowest BCUT2D eigenvalue weighted by Gasteiger charge is -2.36. The van der Waals surface area contributed by atoms with Crippen LogP contribution in [0.15, 0.2) is 36.5 Å². The van der Waals surface area contributed by atoms with E-state index in [0.717, 1.165) is 73.6 Å². The molecule has 5 rings (SSSR count). The molecule has 4 heterocycles. The van der Waals surface area contributed by atoms with Crippen molar-refractivity contribution in [3.05, 3.63) is 42.4 Å². The van der Waals surface area contributed by atoms with Crippen molar-refractivity contribution in [1.82, 2.24) is 19.9 Å². The molecule has 3 aromatic rings. The van der Waals surface area contributed by atoms with E-state index < -0.39 is 0 Å². The van der Waals surface area contributed by atoms with Crippen LogP contribution in [0.1, 0.15) is 25.1 Å². The summed E-state index contributed by atoms with van der Waals surface area (Å²) in [5, 5.41) is 0. The van der Waals surface area contributed by atoms with Gasteiger partial charge in [0.1, 0.15) is 23.3 Å². The van der Waals surface area contributed by atoms with Crippen molar-refractivity contribution in [2.75, 3.05) is 54.0 Å². The SMILES string of the molecule is Cc1nc(N2CCCCC2)cc(N2CCN(c3cnc4ccccc4n3)CC2)n1. The first kappa shape index (κ1) is 18.1. The van der Waals surface area contributed by atoms with Gasteiger partial charge in [-0.05, 0) is 38.3 Å². The molecular weight excluding hydrogens is 362 g/mol. The Morgan fingerprint density at radius 3 is 1.93 bits per heavy atom. The van der Waals surface area contributed by atoms with Crippen LogP contribution in [0.2, 0.25) is 0 Å². The van der Waals surface area contributed by atoms with Crippen LogP contribution >= 0.6 is 0 Å². The summed E-state index contributed by atoms with van der Waals surface area (Å²) in [6, 6.07) is 10.2. The molecular formula is C22H27N7. The van der Waals surface area contributed by atoms with E-state index in [1.165, 1.54) is 19.3 Å². The summed E-state index contributed by atoms with van der Waals surface area (Å²) in [5.41, 5.74) is 1.89. The number of hydrogen-bond donors (Lipinski definition) is 0. The molecule has 2 fully saturated rings. The van der Waals surface area contributed by atoms with Crippen LogP contribution in [-0.2, 0) is 0 Å². The summed E-state index contributed by atoms with van der Waals surface area (Å²) in [6.45, 7) is 7.87. The molecule has 0 saturated carbocycles. The molecule has 0 aliphatic carbocycles. The van der Waals surface area contributed by atoms with Gasteiger partial charge in [-0.2, -0.15) is 0 Å². The number of piperazine rings is 1. The monoisotopic (exact) mass is 389 g/mol. The number of piperidine rings is 1. The van der Waals surface area contributed by atoms with Crippen LogP contribution < -0.4 is 14.7 Å². The number of fused-ring (bicyclic) bond motifs is 1. The zero-order chi connectivity index (χ0) is 19.6.